The molecule has 1 aromatic heterocycles. The zero-order valence-corrected chi connectivity index (χ0v) is 16.3. The molecular formula is C20H25N3O3S. The molecule has 1 aromatic carbocycles. The third-order valence-electron chi connectivity index (χ3n) is 4.57. The molecule has 0 radical (unpaired) electrons. The predicted octanol–water partition coefficient (Wildman–Crippen LogP) is 2.36. The van der Waals surface area contributed by atoms with Gasteiger partial charge < -0.3 is 19.9 Å². The van der Waals surface area contributed by atoms with Gasteiger partial charge in [-0.25, -0.2) is 0 Å². The fourth-order valence-electron chi connectivity index (χ4n) is 2.97. The summed E-state index contributed by atoms with van der Waals surface area (Å²) in [7, 11) is 1.79. The van der Waals surface area contributed by atoms with Gasteiger partial charge >= 0.3 is 0 Å². The fraction of sp³-hybridized carbons (Fsp3) is 0.400. The normalized spacial score (nSPS) is 14.0. The van der Waals surface area contributed by atoms with Crippen LogP contribution in [0.4, 0.5) is 5.69 Å². The van der Waals surface area contributed by atoms with E-state index in [-0.39, 0.29) is 18.2 Å². The number of benzene rings is 1. The van der Waals surface area contributed by atoms with Crippen LogP contribution in [0.5, 0.6) is 0 Å². The highest BCUT2D eigenvalue weighted by Crippen LogP contribution is 2.17. The van der Waals surface area contributed by atoms with Gasteiger partial charge in [-0.2, -0.15) is 11.3 Å². The zero-order chi connectivity index (χ0) is 19.1. The van der Waals surface area contributed by atoms with Crippen molar-refractivity contribution in [1.29, 1.82) is 0 Å². The lowest BCUT2D eigenvalue weighted by Crippen LogP contribution is -2.36. The molecule has 1 aliphatic heterocycles. The molecule has 0 unspecified atom stereocenters. The van der Waals surface area contributed by atoms with Crippen molar-refractivity contribution in [2.24, 2.45) is 0 Å². The number of hydrogen-bond acceptors (Lipinski definition) is 5. The monoisotopic (exact) mass is 387 g/mol. The van der Waals surface area contributed by atoms with Crippen molar-refractivity contribution < 1.29 is 14.3 Å². The average Bonchev–Trinajstić information content (AvgIpc) is 3.24. The average molecular weight is 388 g/mol. The molecule has 144 valence electrons. The number of rotatable bonds is 7. The number of thiophene rings is 1. The van der Waals surface area contributed by atoms with Gasteiger partial charge in [0.2, 0.25) is 5.91 Å². The first kappa shape index (κ1) is 19.4. The van der Waals surface area contributed by atoms with Crippen molar-refractivity contribution in [2.75, 3.05) is 44.8 Å². The maximum Gasteiger partial charge on any atom is 0.252 e. The first-order valence-electron chi connectivity index (χ1n) is 9.09. The summed E-state index contributed by atoms with van der Waals surface area (Å²) in [6.45, 7) is 4.25. The summed E-state index contributed by atoms with van der Waals surface area (Å²) < 4.78 is 5.38. The van der Waals surface area contributed by atoms with Gasteiger partial charge in [0, 0.05) is 56.3 Å². The molecule has 2 aromatic rings. The standard InChI is InChI=1S/C20H25N3O3S/c1-22(19(24)6-8-21-20(25)17-7-13-27-15-17)14-16-2-4-18(5-3-16)23-9-11-26-12-10-23/h2-5,7,13,15H,6,8-12,14H2,1H3,(H,21,25). The van der Waals surface area contributed by atoms with E-state index in [2.05, 4.69) is 34.5 Å². The van der Waals surface area contributed by atoms with Crippen LogP contribution in [0.2, 0.25) is 0 Å². The van der Waals surface area contributed by atoms with Crippen molar-refractivity contribution in [1.82, 2.24) is 10.2 Å². The zero-order valence-electron chi connectivity index (χ0n) is 15.5. The third kappa shape index (κ3) is 5.55. The van der Waals surface area contributed by atoms with E-state index in [0.29, 0.717) is 18.7 Å². The Bertz CT molecular complexity index is 740. The van der Waals surface area contributed by atoms with Crippen LogP contribution in [-0.2, 0) is 16.1 Å². The number of ether oxygens (including phenoxy) is 1. The van der Waals surface area contributed by atoms with Crippen molar-refractivity contribution in [3.8, 4) is 0 Å². The van der Waals surface area contributed by atoms with E-state index < -0.39 is 0 Å². The molecule has 3 rings (SSSR count). The van der Waals surface area contributed by atoms with Crippen molar-refractivity contribution >= 4 is 28.8 Å². The Hall–Kier alpha value is -2.38. The van der Waals surface area contributed by atoms with E-state index in [1.165, 1.54) is 17.0 Å². The topological polar surface area (TPSA) is 61.9 Å². The Morgan fingerprint density at radius 1 is 1.19 bits per heavy atom. The number of hydrogen-bond donors (Lipinski definition) is 1. The minimum absolute atomic E-state index is 0.0119. The van der Waals surface area contributed by atoms with Gasteiger partial charge in [0.05, 0.1) is 13.2 Å². The van der Waals surface area contributed by atoms with Gasteiger partial charge in [0.15, 0.2) is 0 Å². The Balaban J connectivity index is 1.42. The smallest absolute Gasteiger partial charge is 0.252 e. The highest BCUT2D eigenvalue weighted by molar-refractivity contribution is 7.08. The second kappa shape index (κ2) is 9.53. The van der Waals surface area contributed by atoms with E-state index in [0.717, 1.165) is 31.9 Å². The van der Waals surface area contributed by atoms with Crippen molar-refractivity contribution in [3.63, 3.8) is 0 Å². The van der Waals surface area contributed by atoms with Crippen molar-refractivity contribution in [3.05, 3.63) is 52.2 Å². The number of morpholine rings is 1. The summed E-state index contributed by atoms with van der Waals surface area (Å²) in [5, 5.41) is 6.44. The minimum Gasteiger partial charge on any atom is -0.378 e. The van der Waals surface area contributed by atoms with Gasteiger partial charge in [-0.3, -0.25) is 9.59 Å². The fourth-order valence-corrected chi connectivity index (χ4v) is 3.60. The lowest BCUT2D eigenvalue weighted by atomic mass is 10.1. The van der Waals surface area contributed by atoms with Crippen LogP contribution in [0.25, 0.3) is 0 Å². The Morgan fingerprint density at radius 2 is 1.93 bits per heavy atom. The molecular weight excluding hydrogens is 362 g/mol. The lowest BCUT2D eigenvalue weighted by molar-refractivity contribution is -0.130. The molecule has 6 nitrogen and oxygen atoms in total. The maximum atomic E-state index is 12.3. The van der Waals surface area contributed by atoms with Crippen LogP contribution < -0.4 is 10.2 Å². The second-order valence-corrected chi connectivity index (χ2v) is 7.31. The van der Waals surface area contributed by atoms with Crippen LogP contribution in [-0.4, -0.2) is 56.6 Å². The summed E-state index contributed by atoms with van der Waals surface area (Å²) in [6.07, 6.45) is 0.290. The molecule has 7 heteroatoms. The maximum absolute atomic E-state index is 12.3. The highest BCUT2D eigenvalue weighted by Gasteiger charge is 2.13. The lowest BCUT2D eigenvalue weighted by Gasteiger charge is -2.29. The Morgan fingerprint density at radius 3 is 2.59 bits per heavy atom. The van der Waals surface area contributed by atoms with Crippen molar-refractivity contribution in [2.45, 2.75) is 13.0 Å². The van der Waals surface area contributed by atoms with E-state index >= 15 is 0 Å². The predicted molar refractivity (Wildman–Crippen MR) is 107 cm³/mol. The molecule has 1 N–H and O–H groups in total. The highest BCUT2D eigenvalue weighted by atomic mass is 32.1. The molecule has 1 aliphatic rings. The minimum atomic E-state index is -0.134. The summed E-state index contributed by atoms with van der Waals surface area (Å²) in [5.41, 5.74) is 2.92. The number of carbonyl (C=O) groups is 2. The third-order valence-corrected chi connectivity index (χ3v) is 5.25. The molecule has 0 spiro atoms. The van der Waals surface area contributed by atoms with E-state index in [1.807, 2.05) is 5.38 Å². The van der Waals surface area contributed by atoms with E-state index in [9.17, 15) is 9.59 Å². The van der Waals surface area contributed by atoms with Gasteiger partial charge in [-0.15, -0.1) is 0 Å². The quantitative estimate of drug-likeness (QED) is 0.792. The van der Waals surface area contributed by atoms with Gasteiger partial charge in [0.25, 0.3) is 5.91 Å². The molecule has 2 amide bonds. The molecule has 0 atom stereocenters. The van der Waals surface area contributed by atoms with Gasteiger partial charge in [0.1, 0.15) is 0 Å². The molecule has 0 saturated carbocycles. The van der Waals surface area contributed by atoms with Gasteiger partial charge in [-0.05, 0) is 29.1 Å². The molecule has 0 aliphatic carbocycles. The number of anilines is 1. The first-order valence-corrected chi connectivity index (χ1v) is 10.0. The molecule has 27 heavy (non-hydrogen) atoms. The Kier molecular flexibility index (Phi) is 6.84. The molecule has 1 fully saturated rings. The van der Waals surface area contributed by atoms with Crippen LogP contribution in [0.15, 0.2) is 41.1 Å². The van der Waals surface area contributed by atoms with E-state index in [1.54, 1.807) is 23.4 Å². The summed E-state index contributed by atoms with van der Waals surface area (Å²) in [4.78, 5) is 28.2. The Labute approximate surface area is 163 Å². The summed E-state index contributed by atoms with van der Waals surface area (Å²) >= 11 is 1.48. The van der Waals surface area contributed by atoms with E-state index in [4.69, 9.17) is 4.74 Å². The molecule has 1 saturated heterocycles. The number of nitrogens with one attached hydrogen (secondary N) is 1. The van der Waals surface area contributed by atoms with Crippen LogP contribution >= 0.6 is 11.3 Å². The first-order chi connectivity index (χ1) is 13.1. The van der Waals surface area contributed by atoms with Crippen LogP contribution in [0.1, 0.15) is 22.3 Å². The summed E-state index contributed by atoms with van der Waals surface area (Å²) in [5.74, 6) is -0.122. The number of carbonyl (C=O) groups excluding carboxylic acids is 2. The largest absolute Gasteiger partial charge is 0.378 e. The number of amides is 2. The van der Waals surface area contributed by atoms with Crippen LogP contribution in [0, 0.1) is 0 Å². The van der Waals surface area contributed by atoms with Gasteiger partial charge in [-0.1, -0.05) is 12.1 Å². The molecule has 2 heterocycles. The SMILES string of the molecule is CN(Cc1ccc(N2CCOCC2)cc1)C(=O)CCNC(=O)c1ccsc1. The number of nitrogens with zero attached hydrogens (tertiary/aromatic N) is 2. The van der Waals surface area contributed by atoms with Crippen LogP contribution in [0.3, 0.4) is 0 Å². The molecule has 0 bridgehead atoms. The summed E-state index contributed by atoms with van der Waals surface area (Å²) in [6, 6.07) is 10.1. The second-order valence-electron chi connectivity index (χ2n) is 6.53.